The molecule has 1 unspecified atom stereocenters. The Labute approximate surface area is 126 Å². The minimum atomic E-state index is 0.0231. The fourth-order valence-electron chi connectivity index (χ4n) is 3.21. The molecule has 1 amide bonds. The molecule has 4 heteroatoms. The summed E-state index contributed by atoms with van der Waals surface area (Å²) in [6.45, 7) is 3.79. The van der Waals surface area contributed by atoms with Crippen molar-refractivity contribution in [3.05, 3.63) is 29.3 Å². The Kier molecular flexibility index (Phi) is 4.76. The van der Waals surface area contributed by atoms with E-state index >= 15 is 0 Å². The summed E-state index contributed by atoms with van der Waals surface area (Å²) in [4.78, 5) is 11.8. The highest BCUT2D eigenvalue weighted by Gasteiger charge is 2.17. The molecule has 1 atom stereocenters. The van der Waals surface area contributed by atoms with Gasteiger partial charge in [-0.15, -0.1) is 0 Å². The van der Waals surface area contributed by atoms with Crippen LogP contribution in [0.1, 0.15) is 41.6 Å². The second kappa shape index (κ2) is 6.94. The molecule has 2 aliphatic rings. The van der Waals surface area contributed by atoms with E-state index < -0.39 is 0 Å². The minimum Gasteiger partial charge on any atom is -0.494 e. The third-order valence-corrected chi connectivity index (χ3v) is 4.43. The van der Waals surface area contributed by atoms with Crippen molar-refractivity contribution in [2.75, 3.05) is 26.2 Å². The third kappa shape index (κ3) is 3.76. The number of carbonyl (C=O) groups excluding carboxylic acids is 1. The van der Waals surface area contributed by atoms with E-state index in [0.29, 0.717) is 0 Å². The zero-order chi connectivity index (χ0) is 14.5. The Morgan fingerprint density at radius 3 is 3.10 bits per heavy atom. The van der Waals surface area contributed by atoms with Crippen LogP contribution in [0.25, 0.3) is 0 Å². The summed E-state index contributed by atoms with van der Waals surface area (Å²) >= 11 is 0. The van der Waals surface area contributed by atoms with E-state index in [1.165, 1.54) is 25.8 Å². The van der Waals surface area contributed by atoms with Gasteiger partial charge in [-0.25, -0.2) is 0 Å². The summed E-state index contributed by atoms with van der Waals surface area (Å²) in [7, 11) is 0. The number of benzene rings is 1. The summed E-state index contributed by atoms with van der Waals surface area (Å²) < 4.78 is 5.81. The van der Waals surface area contributed by atoms with Crippen molar-refractivity contribution in [3.8, 4) is 5.75 Å². The highest BCUT2D eigenvalue weighted by atomic mass is 16.5. The highest BCUT2D eigenvalue weighted by molar-refractivity contribution is 5.97. The van der Waals surface area contributed by atoms with Crippen molar-refractivity contribution >= 4 is 5.91 Å². The molecule has 1 fully saturated rings. The second-order valence-corrected chi connectivity index (χ2v) is 6.03. The van der Waals surface area contributed by atoms with Crippen LogP contribution in [0.4, 0.5) is 0 Å². The van der Waals surface area contributed by atoms with Crippen LogP contribution < -0.4 is 15.4 Å². The standard InChI is InChI=1S/C17H24N2O2/c20-17-16-11-15(6-5-14(16)7-9-19-17)21-10-2-4-13-3-1-8-18-12-13/h5-6,11,13,18H,1-4,7-10,12H2,(H,19,20). The monoisotopic (exact) mass is 288 g/mol. The van der Waals surface area contributed by atoms with Crippen molar-refractivity contribution in [3.63, 3.8) is 0 Å². The van der Waals surface area contributed by atoms with E-state index in [1.807, 2.05) is 18.2 Å². The van der Waals surface area contributed by atoms with Gasteiger partial charge < -0.3 is 15.4 Å². The molecule has 2 aliphatic heterocycles. The number of hydrogen-bond donors (Lipinski definition) is 2. The van der Waals surface area contributed by atoms with Gasteiger partial charge in [0.15, 0.2) is 0 Å². The van der Waals surface area contributed by atoms with E-state index in [0.717, 1.165) is 55.3 Å². The van der Waals surface area contributed by atoms with Crippen molar-refractivity contribution < 1.29 is 9.53 Å². The topological polar surface area (TPSA) is 50.4 Å². The first-order valence-corrected chi connectivity index (χ1v) is 8.07. The van der Waals surface area contributed by atoms with Crippen LogP contribution in [0.5, 0.6) is 5.75 Å². The number of piperidine rings is 1. The quantitative estimate of drug-likeness (QED) is 0.816. The molecule has 1 aromatic carbocycles. The van der Waals surface area contributed by atoms with Gasteiger partial charge in [-0.3, -0.25) is 4.79 Å². The molecule has 3 rings (SSSR count). The van der Waals surface area contributed by atoms with Gasteiger partial charge in [0.25, 0.3) is 5.91 Å². The van der Waals surface area contributed by atoms with Crippen LogP contribution in [-0.2, 0) is 6.42 Å². The lowest BCUT2D eigenvalue weighted by Crippen LogP contribution is -2.31. The average Bonchev–Trinajstić information content (AvgIpc) is 2.53. The third-order valence-electron chi connectivity index (χ3n) is 4.43. The molecule has 0 radical (unpaired) electrons. The lowest BCUT2D eigenvalue weighted by Gasteiger charge is -2.22. The molecular weight excluding hydrogens is 264 g/mol. The molecule has 0 spiro atoms. The SMILES string of the molecule is O=C1NCCc2ccc(OCCCC3CCCNC3)cc21. The molecule has 2 N–H and O–H groups in total. The maximum Gasteiger partial charge on any atom is 0.251 e. The molecule has 0 bridgehead atoms. The summed E-state index contributed by atoms with van der Waals surface area (Å²) in [5.41, 5.74) is 1.90. The molecule has 0 saturated carbocycles. The van der Waals surface area contributed by atoms with Gasteiger partial charge in [0.2, 0.25) is 0 Å². The van der Waals surface area contributed by atoms with E-state index in [2.05, 4.69) is 10.6 Å². The molecular formula is C17H24N2O2. The van der Waals surface area contributed by atoms with E-state index in [4.69, 9.17) is 4.74 Å². The lowest BCUT2D eigenvalue weighted by molar-refractivity contribution is 0.0945. The molecule has 0 aromatic heterocycles. The molecule has 4 nitrogen and oxygen atoms in total. The number of hydrogen-bond acceptors (Lipinski definition) is 3. The molecule has 114 valence electrons. The van der Waals surface area contributed by atoms with Gasteiger partial charge in [0.1, 0.15) is 5.75 Å². The molecule has 2 heterocycles. The second-order valence-electron chi connectivity index (χ2n) is 6.03. The van der Waals surface area contributed by atoms with Gasteiger partial charge in [-0.1, -0.05) is 6.07 Å². The van der Waals surface area contributed by atoms with Crippen LogP contribution in [0.2, 0.25) is 0 Å². The van der Waals surface area contributed by atoms with E-state index in [9.17, 15) is 4.79 Å². The van der Waals surface area contributed by atoms with Crippen molar-refractivity contribution in [2.45, 2.75) is 32.1 Å². The van der Waals surface area contributed by atoms with Crippen LogP contribution >= 0.6 is 0 Å². The predicted molar refractivity (Wildman–Crippen MR) is 82.8 cm³/mol. The Balaban J connectivity index is 1.47. The smallest absolute Gasteiger partial charge is 0.251 e. The first-order valence-electron chi connectivity index (χ1n) is 8.07. The largest absolute Gasteiger partial charge is 0.494 e. The maximum atomic E-state index is 11.8. The number of fused-ring (bicyclic) bond motifs is 1. The highest BCUT2D eigenvalue weighted by Crippen LogP contribution is 2.21. The van der Waals surface area contributed by atoms with Gasteiger partial charge in [0.05, 0.1) is 6.61 Å². The Hall–Kier alpha value is -1.55. The molecule has 1 saturated heterocycles. The Morgan fingerprint density at radius 1 is 1.29 bits per heavy atom. The van der Waals surface area contributed by atoms with Crippen LogP contribution in [0.3, 0.4) is 0 Å². The van der Waals surface area contributed by atoms with E-state index in [-0.39, 0.29) is 5.91 Å². The van der Waals surface area contributed by atoms with Crippen molar-refractivity contribution in [1.82, 2.24) is 10.6 Å². The first-order chi connectivity index (χ1) is 10.3. The summed E-state index contributed by atoms with van der Waals surface area (Å²) in [5.74, 6) is 1.64. The van der Waals surface area contributed by atoms with Gasteiger partial charge in [0, 0.05) is 12.1 Å². The zero-order valence-electron chi connectivity index (χ0n) is 12.5. The summed E-state index contributed by atoms with van der Waals surface area (Å²) in [6, 6.07) is 5.89. The van der Waals surface area contributed by atoms with Crippen LogP contribution in [0, 0.1) is 5.92 Å². The zero-order valence-corrected chi connectivity index (χ0v) is 12.5. The lowest BCUT2D eigenvalue weighted by atomic mass is 9.95. The first kappa shape index (κ1) is 14.4. The number of amides is 1. The van der Waals surface area contributed by atoms with Crippen molar-refractivity contribution in [2.24, 2.45) is 5.92 Å². The average molecular weight is 288 g/mol. The van der Waals surface area contributed by atoms with Crippen LogP contribution in [0.15, 0.2) is 18.2 Å². The molecule has 1 aromatic rings. The number of rotatable bonds is 5. The predicted octanol–water partition coefficient (Wildman–Crippen LogP) is 2.13. The fraction of sp³-hybridized carbons (Fsp3) is 0.588. The number of ether oxygens (including phenoxy) is 1. The minimum absolute atomic E-state index is 0.0231. The summed E-state index contributed by atoms with van der Waals surface area (Å²) in [5, 5.41) is 6.32. The van der Waals surface area contributed by atoms with Crippen LogP contribution in [-0.4, -0.2) is 32.1 Å². The van der Waals surface area contributed by atoms with Gasteiger partial charge in [-0.2, -0.15) is 0 Å². The fourth-order valence-corrected chi connectivity index (χ4v) is 3.21. The maximum absolute atomic E-state index is 11.8. The van der Waals surface area contributed by atoms with Gasteiger partial charge in [-0.05, 0) is 68.8 Å². The number of nitrogens with one attached hydrogen (secondary N) is 2. The number of carbonyl (C=O) groups is 1. The van der Waals surface area contributed by atoms with Crippen molar-refractivity contribution in [1.29, 1.82) is 0 Å². The summed E-state index contributed by atoms with van der Waals surface area (Å²) in [6.07, 6.45) is 5.85. The normalized spacial score (nSPS) is 21.5. The Bertz CT molecular complexity index is 496. The Morgan fingerprint density at radius 2 is 2.24 bits per heavy atom. The molecule has 21 heavy (non-hydrogen) atoms. The van der Waals surface area contributed by atoms with E-state index in [1.54, 1.807) is 0 Å². The molecule has 0 aliphatic carbocycles. The van der Waals surface area contributed by atoms with Gasteiger partial charge >= 0.3 is 0 Å².